The maximum absolute atomic E-state index is 11.6. The first-order chi connectivity index (χ1) is 5.62. The molecular formula is C8H12O3S. The summed E-state index contributed by atoms with van der Waals surface area (Å²) in [7, 11) is -3.05. The van der Waals surface area contributed by atoms with Crippen LogP contribution < -0.4 is 0 Å². The maximum atomic E-state index is 11.6. The predicted molar refractivity (Wildman–Crippen MR) is 45.5 cm³/mol. The van der Waals surface area contributed by atoms with Gasteiger partial charge < -0.3 is 5.11 Å². The van der Waals surface area contributed by atoms with E-state index in [-0.39, 0.29) is 5.25 Å². The highest BCUT2D eigenvalue weighted by Crippen LogP contribution is 2.32. The van der Waals surface area contributed by atoms with Crippen molar-refractivity contribution in [2.45, 2.75) is 35.9 Å². The lowest BCUT2D eigenvalue weighted by atomic mass is 10.0. The van der Waals surface area contributed by atoms with Gasteiger partial charge in [0.05, 0.1) is 16.6 Å². The second kappa shape index (κ2) is 2.57. The van der Waals surface area contributed by atoms with Gasteiger partial charge in [0, 0.05) is 0 Å². The van der Waals surface area contributed by atoms with Gasteiger partial charge in [0.2, 0.25) is 0 Å². The van der Waals surface area contributed by atoms with E-state index in [0.29, 0.717) is 19.3 Å². The SMILES string of the molecule is O=S1(=O)[C@@H]2CC=C[C@H]1CC[C@H]2O. The molecule has 1 saturated heterocycles. The van der Waals surface area contributed by atoms with Gasteiger partial charge in [-0.3, -0.25) is 0 Å². The first-order valence-corrected chi connectivity index (χ1v) is 5.81. The van der Waals surface area contributed by atoms with Crippen LogP contribution in [0.4, 0.5) is 0 Å². The molecule has 0 spiro atoms. The van der Waals surface area contributed by atoms with Crippen LogP contribution in [0, 0.1) is 0 Å². The van der Waals surface area contributed by atoms with E-state index in [0.717, 1.165) is 0 Å². The fourth-order valence-electron chi connectivity index (χ4n) is 1.99. The largest absolute Gasteiger partial charge is 0.392 e. The first-order valence-electron chi connectivity index (χ1n) is 4.20. The number of allylic oxidation sites excluding steroid dienone is 1. The molecule has 2 heterocycles. The van der Waals surface area contributed by atoms with E-state index in [1.165, 1.54) is 0 Å². The minimum atomic E-state index is -3.05. The van der Waals surface area contributed by atoms with Crippen LogP contribution in [0.1, 0.15) is 19.3 Å². The van der Waals surface area contributed by atoms with Crippen LogP contribution in [0.2, 0.25) is 0 Å². The zero-order valence-electron chi connectivity index (χ0n) is 6.68. The third-order valence-electron chi connectivity index (χ3n) is 2.74. The van der Waals surface area contributed by atoms with Crippen molar-refractivity contribution in [3.8, 4) is 0 Å². The lowest BCUT2D eigenvalue weighted by molar-refractivity contribution is 0.147. The van der Waals surface area contributed by atoms with E-state index >= 15 is 0 Å². The van der Waals surface area contributed by atoms with Crippen molar-refractivity contribution in [1.82, 2.24) is 0 Å². The first kappa shape index (κ1) is 8.26. The standard InChI is InChI=1S/C8H12O3S/c9-7-5-4-6-2-1-3-8(7)12(6,10)11/h1-2,6-9H,3-5H2/t6-,7+,8+/m0/s1. The summed E-state index contributed by atoms with van der Waals surface area (Å²) < 4.78 is 23.2. The van der Waals surface area contributed by atoms with Gasteiger partial charge in [-0.25, -0.2) is 8.42 Å². The van der Waals surface area contributed by atoms with Crippen LogP contribution in [0.5, 0.6) is 0 Å². The van der Waals surface area contributed by atoms with Crippen LogP contribution in [0.3, 0.4) is 0 Å². The van der Waals surface area contributed by atoms with Crippen molar-refractivity contribution < 1.29 is 13.5 Å². The highest BCUT2D eigenvalue weighted by Gasteiger charge is 2.42. The molecule has 0 saturated carbocycles. The Labute approximate surface area is 72.0 Å². The lowest BCUT2D eigenvalue weighted by Gasteiger charge is -2.34. The van der Waals surface area contributed by atoms with Crippen molar-refractivity contribution in [2.75, 3.05) is 0 Å². The molecule has 0 aliphatic carbocycles. The van der Waals surface area contributed by atoms with Gasteiger partial charge in [0.15, 0.2) is 9.84 Å². The third kappa shape index (κ3) is 1.02. The second-order valence-electron chi connectivity index (χ2n) is 3.47. The van der Waals surface area contributed by atoms with E-state index in [1.54, 1.807) is 6.08 Å². The van der Waals surface area contributed by atoms with Crippen LogP contribution in [-0.2, 0) is 9.84 Å². The molecule has 4 heteroatoms. The van der Waals surface area contributed by atoms with Gasteiger partial charge in [0.1, 0.15) is 0 Å². The Bertz CT molecular complexity index is 304. The van der Waals surface area contributed by atoms with E-state index in [4.69, 9.17) is 0 Å². The van der Waals surface area contributed by atoms with E-state index < -0.39 is 21.2 Å². The number of aliphatic hydroxyl groups excluding tert-OH is 1. The molecule has 0 amide bonds. The van der Waals surface area contributed by atoms with Gasteiger partial charge in [0.25, 0.3) is 0 Å². The molecule has 0 aromatic carbocycles. The zero-order valence-corrected chi connectivity index (χ0v) is 7.50. The number of sulfone groups is 1. The summed E-state index contributed by atoms with van der Waals surface area (Å²) in [5.41, 5.74) is 0. The molecule has 0 aromatic heterocycles. The molecule has 0 unspecified atom stereocenters. The third-order valence-corrected chi connectivity index (χ3v) is 5.33. The maximum Gasteiger partial charge on any atom is 0.162 e. The Balaban J connectivity index is 2.44. The highest BCUT2D eigenvalue weighted by atomic mass is 32.2. The summed E-state index contributed by atoms with van der Waals surface area (Å²) in [6.45, 7) is 0. The fourth-order valence-corrected chi connectivity index (χ4v) is 4.19. The Morgan fingerprint density at radius 2 is 2.08 bits per heavy atom. The number of hydrogen-bond acceptors (Lipinski definition) is 3. The summed E-state index contributed by atoms with van der Waals surface area (Å²) in [4.78, 5) is 0. The van der Waals surface area contributed by atoms with Crippen molar-refractivity contribution in [3.63, 3.8) is 0 Å². The average Bonchev–Trinajstić information content (AvgIpc) is 1.95. The molecule has 1 fully saturated rings. The van der Waals surface area contributed by atoms with Crippen molar-refractivity contribution >= 4 is 9.84 Å². The Hall–Kier alpha value is -0.350. The summed E-state index contributed by atoms with van der Waals surface area (Å²) in [6.07, 6.45) is 4.68. The molecular weight excluding hydrogens is 176 g/mol. The molecule has 2 aliphatic heterocycles. The van der Waals surface area contributed by atoms with Gasteiger partial charge in [-0.1, -0.05) is 12.2 Å². The fraction of sp³-hybridized carbons (Fsp3) is 0.750. The second-order valence-corrected chi connectivity index (χ2v) is 5.86. The molecule has 3 atom stereocenters. The quantitative estimate of drug-likeness (QED) is 0.554. The van der Waals surface area contributed by atoms with Gasteiger partial charge in [-0.05, 0) is 19.3 Å². The van der Waals surface area contributed by atoms with E-state index in [9.17, 15) is 13.5 Å². The number of fused-ring (bicyclic) bond motifs is 2. The molecule has 2 bridgehead atoms. The summed E-state index contributed by atoms with van der Waals surface area (Å²) >= 11 is 0. The topological polar surface area (TPSA) is 54.4 Å². The van der Waals surface area contributed by atoms with Crippen molar-refractivity contribution in [2.24, 2.45) is 0 Å². The normalized spacial score (nSPS) is 44.2. The summed E-state index contributed by atoms with van der Waals surface area (Å²) in [6, 6.07) is 0. The van der Waals surface area contributed by atoms with Crippen LogP contribution in [-0.4, -0.2) is 30.1 Å². The minimum Gasteiger partial charge on any atom is -0.392 e. The molecule has 3 nitrogen and oxygen atoms in total. The van der Waals surface area contributed by atoms with Crippen LogP contribution in [0.25, 0.3) is 0 Å². The molecule has 2 rings (SSSR count). The zero-order chi connectivity index (χ0) is 8.77. The Morgan fingerprint density at radius 3 is 2.75 bits per heavy atom. The summed E-state index contributed by atoms with van der Waals surface area (Å²) in [5.74, 6) is 0. The average molecular weight is 188 g/mol. The van der Waals surface area contributed by atoms with Crippen LogP contribution in [0.15, 0.2) is 12.2 Å². The molecule has 1 N–H and O–H groups in total. The minimum absolute atomic E-state index is 0.320. The van der Waals surface area contributed by atoms with E-state index in [2.05, 4.69) is 0 Å². The number of rotatable bonds is 0. The van der Waals surface area contributed by atoms with Gasteiger partial charge in [-0.15, -0.1) is 0 Å². The Kier molecular flexibility index (Phi) is 1.77. The smallest absolute Gasteiger partial charge is 0.162 e. The number of aliphatic hydroxyl groups is 1. The van der Waals surface area contributed by atoms with E-state index in [1.807, 2.05) is 6.08 Å². The van der Waals surface area contributed by atoms with Gasteiger partial charge >= 0.3 is 0 Å². The Morgan fingerprint density at radius 1 is 1.33 bits per heavy atom. The van der Waals surface area contributed by atoms with Crippen molar-refractivity contribution in [1.29, 1.82) is 0 Å². The molecule has 0 radical (unpaired) electrons. The number of hydrogen-bond donors (Lipinski definition) is 1. The molecule has 12 heavy (non-hydrogen) atoms. The monoisotopic (exact) mass is 188 g/mol. The van der Waals surface area contributed by atoms with Gasteiger partial charge in [-0.2, -0.15) is 0 Å². The molecule has 68 valence electrons. The lowest BCUT2D eigenvalue weighted by Crippen LogP contribution is -2.46. The molecule has 0 aromatic rings. The molecule has 2 aliphatic rings. The summed E-state index contributed by atoms with van der Waals surface area (Å²) in [5, 5.41) is 8.60. The predicted octanol–water partition coefficient (Wildman–Crippen LogP) is 0.253. The van der Waals surface area contributed by atoms with Crippen molar-refractivity contribution in [3.05, 3.63) is 12.2 Å². The highest BCUT2D eigenvalue weighted by molar-refractivity contribution is 7.93. The van der Waals surface area contributed by atoms with Crippen LogP contribution >= 0.6 is 0 Å².